The molecule has 0 bridgehead atoms. The lowest BCUT2D eigenvalue weighted by Gasteiger charge is -2.28. The Labute approximate surface area is 289 Å². The average Bonchev–Trinajstić information content (AvgIpc) is 3.01. The van der Waals surface area contributed by atoms with E-state index in [1.165, 1.54) is 13.2 Å². The topological polar surface area (TPSA) is 120 Å². The van der Waals surface area contributed by atoms with E-state index >= 15 is 0 Å². The van der Waals surface area contributed by atoms with Crippen molar-refractivity contribution in [3.05, 3.63) is 82.9 Å². The minimum Gasteiger partial charge on any atom is -0.495 e. The minimum atomic E-state index is -1.19. The number of cyclic esters (lactones) is 2. The second-order valence-corrected chi connectivity index (χ2v) is 13.8. The minimum absolute atomic E-state index is 0.0342. The second kappa shape index (κ2) is 17.5. The molecule has 2 amide bonds. The van der Waals surface area contributed by atoms with E-state index in [0.29, 0.717) is 22.8 Å². The van der Waals surface area contributed by atoms with Crippen LogP contribution in [0.25, 0.3) is 3.58 Å². The van der Waals surface area contributed by atoms with E-state index in [0.717, 1.165) is 9.14 Å². The van der Waals surface area contributed by atoms with E-state index < -0.39 is 47.4 Å². The molecule has 1 heterocycles. The van der Waals surface area contributed by atoms with Gasteiger partial charge in [-0.25, -0.2) is 4.79 Å². The van der Waals surface area contributed by atoms with Crippen LogP contribution in [-0.4, -0.2) is 55.7 Å². The Kier molecular flexibility index (Phi) is 14.1. The number of amides is 2. The highest BCUT2D eigenvalue weighted by Gasteiger charge is 2.36. The molecule has 2 aromatic rings. The molecule has 3 atom stereocenters. The normalized spacial score (nSPS) is 22.3. The number of carbonyl (C=O) groups excluding carboxylic acids is 4. The zero-order chi connectivity index (χ0) is 33.9. The molecule has 0 aliphatic carbocycles. The standard InChI is InChI=1S/C35H42ClIN2O7/c1-22(2)18-30-33(42)45-25(15-16-27(37)24-10-7-6-8-11-24)12-9-13-31(40)39-28(20-23-14-17-29(44-5)26(36)19-23)32(41)38-21-35(3,4)34(43)46-30/h6-11,13-14,16-17,19,22,25,28,30H,12,15,18,20-21H2,1-5H3,(H,38,41)(H,39,40)/b13-9+,27-16-/t25?,28?,30-/m0/s1. The van der Waals surface area contributed by atoms with E-state index in [1.807, 2.05) is 50.3 Å². The first kappa shape index (κ1) is 37.1. The molecule has 2 N–H and O–H groups in total. The fourth-order valence-corrected chi connectivity index (χ4v) is 5.52. The Morgan fingerprint density at radius 3 is 2.48 bits per heavy atom. The van der Waals surface area contributed by atoms with E-state index in [2.05, 4.69) is 33.2 Å². The summed E-state index contributed by atoms with van der Waals surface area (Å²) in [4.78, 5) is 53.2. The molecule has 1 aliphatic rings. The monoisotopic (exact) mass is 764 g/mol. The predicted molar refractivity (Wildman–Crippen MR) is 186 cm³/mol. The molecule has 0 radical (unpaired) electrons. The number of methoxy groups -OCH3 is 1. The van der Waals surface area contributed by atoms with E-state index in [1.54, 1.807) is 38.1 Å². The zero-order valence-corrected chi connectivity index (χ0v) is 29.7. The largest absolute Gasteiger partial charge is 0.495 e. The first-order chi connectivity index (χ1) is 21.8. The van der Waals surface area contributed by atoms with Crippen LogP contribution in [0.1, 0.15) is 58.1 Å². The van der Waals surface area contributed by atoms with Gasteiger partial charge in [-0.15, -0.1) is 0 Å². The summed E-state index contributed by atoms with van der Waals surface area (Å²) in [5, 5.41) is 5.90. The molecule has 11 heteroatoms. The maximum atomic E-state index is 13.4. The number of ether oxygens (including phenoxy) is 3. The van der Waals surface area contributed by atoms with Crippen molar-refractivity contribution in [2.75, 3.05) is 13.7 Å². The molecule has 1 aliphatic heterocycles. The summed E-state index contributed by atoms with van der Waals surface area (Å²) in [6, 6.07) is 13.9. The van der Waals surface area contributed by atoms with Gasteiger partial charge >= 0.3 is 11.9 Å². The van der Waals surface area contributed by atoms with Gasteiger partial charge in [0, 0.05) is 29.4 Å². The van der Waals surface area contributed by atoms with Crippen molar-refractivity contribution in [3.63, 3.8) is 0 Å². The Balaban J connectivity index is 1.92. The van der Waals surface area contributed by atoms with E-state index in [4.69, 9.17) is 25.8 Å². The Morgan fingerprint density at radius 1 is 1.11 bits per heavy atom. The first-order valence-electron chi connectivity index (χ1n) is 15.2. The summed E-state index contributed by atoms with van der Waals surface area (Å²) >= 11 is 8.54. The highest BCUT2D eigenvalue weighted by atomic mass is 127. The van der Waals surface area contributed by atoms with Gasteiger partial charge in [-0.1, -0.05) is 74.0 Å². The molecule has 46 heavy (non-hydrogen) atoms. The zero-order valence-electron chi connectivity index (χ0n) is 26.8. The highest BCUT2D eigenvalue weighted by molar-refractivity contribution is 14.1. The van der Waals surface area contributed by atoms with Crippen LogP contribution in [0.4, 0.5) is 0 Å². The molecule has 2 unspecified atom stereocenters. The van der Waals surface area contributed by atoms with E-state index in [9.17, 15) is 19.2 Å². The SMILES string of the molecule is COc1ccc(CC2NC(=O)/C=C/CC(C/C=C(\I)c3ccccc3)OC(=O)[C@H](CC(C)C)OC(=O)C(C)(C)CNC2=O)cc1Cl. The third-order valence-electron chi connectivity index (χ3n) is 7.30. The molecular formula is C35H42ClIN2O7. The number of hydrogen-bond donors (Lipinski definition) is 2. The van der Waals surface area contributed by atoms with Crippen LogP contribution < -0.4 is 15.4 Å². The van der Waals surface area contributed by atoms with Gasteiger partial charge in [-0.3, -0.25) is 14.4 Å². The number of halogens is 2. The summed E-state index contributed by atoms with van der Waals surface area (Å²) < 4.78 is 17.9. The van der Waals surface area contributed by atoms with Crippen LogP contribution in [-0.2, 0) is 35.1 Å². The summed E-state index contributed by atoms with van der Waals surface area (Å²) in [5.74, 6) is -1.77. The van der Waals surface area contributed by atoms with Crippen LogP contribution in [0.2, 0.25) is 5.02 Å². The molecule has 0 saturated heterocycles. The number of hydrogen-bond acceptors (Lipinski definition) is 7. The van der Waals surface area contributed by atoms with Gasteiger partial charge in [0.1, 0.15) is 17.9 Å². The lowest BCUT2D eigenvalue weighted by molar-refractivity contribution is -0.177. The number of esters is 2. The summed E-state index contributed by atoms with van der Waals surface area (Å²) in [6.45, 7) is 6.99. The van der Waals surface area contributed by atoms with Crippen LogP contribution in [0.3, 0.4) is 0 Å². The maximum Gasteiger partial charge on any atom is 0.347 e. The number of rotatable bonds is 8. The maximum absolute atomic E-state index is 13.4. The molecule has 0 fully saturated rings. The van der Waals surface area contributed by atoms with Crippen molar-refractivity contribution in [1.29, 1.82) is 0 Å². The van der Waals surface area contributed by atoms with Gasteiger partial charge in [0.25, 0.3) is 0 Å². The van der Waals surface area contributed by atoms with Crippen molar-refractivity contribution in [2.45, 2.75) is 71.6 Å². The second-order valence-electron chi connectivity index (χ2n) is 12.2. The molecule has 0 spiro atoms. The third kappa shape index (κ3) is 11.5. The predicted octanol–water partition coefficient (Wildman–Crippen LogP) is 6.21. The van der Waals surface area contributed by atoms with Gasteiger partial charge in [-0.05, 0) is 78.1 Å². The lowest BCUT2D eigenvalue weighted by atomic mass is 9.93. The molecule has 248 valence electrons. The van der Waals surface area contributed by atoms with Crippen LogP contribution in [0, 0.1) is 11.3 Å². The molecule has 0 saturated carbocycles. The Bertz CT molecular complexity index is 1440. The van der Waals surface area contributed by atoms with E-state index in [-0.39, 0.29) is 31.7 Å². The number of carbonyl (C=O) groups is 4. The van der Waals surface area contributed by atoms with Crippen LogP contribution >= 0.6 is 34.2 Å². The molecular weight excluding hydrogens is 723 g/mol. The van der Waals surface area contributed by atoms with Crippen molar-refractivity contribution in [2.24, 2.45) is 11.3 Å². The highest BCUT2D eigenvalue weighted by Crippen LogP contribution is 2.27. The van der Waals surface area contributed by atoms with Crippen LogP contribution in [0.15, 0.2) is 66.8 Å². The van der Waals surface area contributed by atoms with Crippen LogP contribution in [0.5, 0.6) is 5.75 Å². The number of benzene rings is 2. The van der Waals surface area contributed by atoms with Crippen molar-refractivity contribution in [1.82, 2.24) is 10.6 Å². The summed E-state index contributed by atoms with van der Waals surface area (Å²) in [6.07, 6.45) is 4.11. The lowest BCUT2D eigenvalue weighted by Crippen LogP contribution is -2.51. The summed E-state index contributed by atoms with van der Waals surface area (Å²) in [5.41, 5.74) is 0.536. The molecule has 9 nitrogen and oxygen atoms in total. The Hall–Kier alpha value is -3.38. The average molecular weight is 765 g/mol. The Morgan fingerprint density at radius 2 is 1.83 bits per heavy atom. The molecule has 0 aromatic heterocycles. The molecule has 2 aromatic carbocycles. The quantitative estimate of drug-likeness (QED) is 0.242. The van der Waals surface area contributed by atoms with Crippen molar-refractivity contribution < 1.29 is 33.4 Å². The first-order valence-corrected chi connectivity index (χ1v) is 16.6. The number of nitrogens with one attached hydrogen (secondary N) is 2. The molecule has 3 rings (SSSR count). The van der Waals surface area contributed by atoms with Crippen molar-refractivity contribution in [3.8, 4) is 5.75 Å². The van der Waals surface area contributed by atoms with Crippen molar-refractivity contribution >= 4 is 61.5 Å². The summed E-state index contributed by atoms with van der Waals surface area (Å²) in [7, 11) is 1.51. The van der Waals surface area contributed by atoms with Gasteiger partial charge < -0.3 is 24.8 Å². The third-order valence-corrected chi connectivity index (χ3v) is 8.66. The van der Waals surface area contributed by atoms with Gasteiger partial charge in [0.15, 0.2) is 6.10 Å². The fourth-order valence-electron chi connectivity index (χ4n) is 4.62. The van der Waals surface area contributed by atoms with Gasteiger partial charge in [0.2, 0.25) is 11.8 Å². The smallest absolute Gasteiger partial charge is 0.347 e. The fraction of sp³-hybridized carbons (Fsp3) is 0.429. The van der Waals surface area contributed by atoms with Gasteiger partial charge in [0.05, 0.1) is 17.5 Å². The van der Waals surface area contributed by atoms with Gasteiger partial charge in [-0.2, -0.15) is 0 Å².